The monoisotopic (exact) mass is 231 g/mol. The summed E-state index contributed by atoms with van der Waals surface area (Å²) < 4.78 is 5.76. The van der Waals surface area contributed by atoms with Gasteiger partial charge < -0.3 is 14.8 Å². The molecule has 88 valence electrons. The highest BCUT2D eigenvalue weighted by atomic mass is 16.5. The number of fused-ring (bicyclic) bond motifs is 1. The number of rotatable bonds is 3. The molecular weight excluding hydrogens is 218 g/mol. The number of carbonyl (C=O) groups is 1. The summed E-state index contributed by atoms with van der Waals surface area (Å²) in [6.45, 7) is 0. The highest BCUT2D eigenvalue weighted by Gasteiger charge is 2.19. The number of ether oxygens (including phenoxy) is 1. The van der Waals surface area contributed by atoms with Crippen LogP contribution < -0.4 is 4.74 Å². The van der Waals surface area contributed by atoms with Crippen molar-refractivity contribution in [1.29, 1.82) is 0 Å². The molecule has 2 N–H and O–H groups in total. The number of carboxylic acid groups (broad SMARTS) is 1. The summed E-state index contributed by atoms with van der Waals surface area (Å²) in [7, 11) is 0. The number of hydrogen-bond acceptors (Lipinski definition) is 2. The highest BCUT2D eigenvalue weighted by Crippen LogP contribution is 2.27. The Kier molecular flexibility index (Phi) is 2.28. The van der Waals surface area contributed by atoms with Crippen molar-refractivity contribution < 1.29 is 14.6 Å². The van der Waals surface area contributed by atoms with Crippen LogP contribution in [0.25, 0.3) is 10.9 Å². The van der Waals surface area contributed by atoms with Gasteiger partial charge in [-0.25, -0.2) is 4.79 Å². The molecule has 1 saturated carbocycles. The summed E-state index contributed by atoms with van der Waals surface area (Å²) in [5.74, 6) is -0.136. The van der Waals surface area contributed by atoms with Crippen molar-refractivity contribution >= 4 is 16.9 Å². The molecule has 0 unspecified atom stereocenters. The summed E-state index contributed by atoms with van der Waals surface area (Å²) in [5, 5.41) is 9.78. The Morgan fingerprint density at radius 3 is 2.82 bits per heavy atom. The SMILES string of the molecule is O=C(O)c1cc2ccc(OC3CCC3)cc2[nH]1. The van der Waals surface area contributed by atoms with Crippen molar-refractivity contribution in [3.8, 4) is 5.75 Å². The van der Waals surface area contributed by atoms with E-state index in [1.54, 1.807) is 6.07 Å². The van der Waals surface area contributed by atoms with Gasteiger partial charge in [0.15, 0.2) is 0 Å². The molecule has 1 aliphatic carbocycles. The minimum Gasteiger partial charge on any atom is -0.490 e. The van der Waals surface area contributed by atoms with E-state index in [-0.39, 0.29) is 5.69 Å². The summed E-state index contributed by atoms with van der Waals surface area (Å²) in [6, 6.07) is 7.26. The first kappa shape index (κ1) is 10.2. The number of benzene rings is 1. The van der Waals surface area contributed by atoms with E-state index in [2.05, 4.69) is 4.98 Å². The van der Waals surface area contributed by atoms with Gasteiger partial charge in [0.1, 0.15) is 11.4 Å². The van der Waals surface area contributed by atoms with Gasteiger partial charge in [0.05, 0.1) is 6.10 Å². The molecule has 0 aliphatic heterocycles. The standard InChI is InChI=1S/C13H13NO3/c15-13(16)12-6-8-4-5-10(7-11(8)14-12)17-9-2-1-3-9/h4-7,9,14H,1-3H2,(H,15,16). The van der Waals surface area contributed by atoms with Gasteiger partial charge in [-0.15, -0.1) is 0 Å². The molecule has 1 fully saturated rings. The van der Waals surface area contributed by atoms with E-state index >= 15 is 0 Å². The number of aromatic amines is 1. The molecule has 1 aromatic carbocycles. The van der Waals surface area contributed by atoms with Crippen molar-refractivity contribution in [2.75, 3.05) is 0 Å². The zero-order valence-corrected chi connectivity index (χ0v) is 9.27. The first-order valence-electron chi connectivity index (χ1n) is 5.75. The van der Waals surface area contributed by atoms with Crippen LogP contribution in [-0.2, 0) is 0 Å². The number of H-pyrrole nitrogens is 1. The van der Waals surface area contributed by atoms with E-state index < -0.39 is 5.97 Å². The first-order valence-corrected chi connectivity index (χ1v) is 5.75. The zero-order chi connectivity index (χ0) is 11.8. The van der Waals surface area contributed by atoms with Crippen LogP contribution in [0.5, 0.6) is 5.75 Å². The van der Waals surface area contributed by atoms with Gasteiger partial charge in [-0.2, -0.15) is 0 Å². The third-order valence-electron chi connectivity index (χ3n) is 3.18. The third-order valence-corrected chi connectivity index (χ3v) is 3.18. The maximum absolute atomic E-state index is 10.8. The van der Waals surface area contributed by atoms with E-state index in [0.717, 1.165) is 29.5 Å². The van der Waals surface area contributed by atoms with Crippen LogP contribution >= 0.6 is 0 Å². The Labute approximate surface area is 98.2 Å². The minimum absolute atomic E-state index is 0.209. The fourth-order valence-corrected chi connectivity index (χ4v) is 1.98. The van der Waals surface area contributed by atoms with E-state index in [0.29, 0.717) is 6.10 Å². The van der Waals surface area contributed by atoms with Crippen molar-refractivity contribution in [3.05, 3.63) is 30.0 Å². The topological polar surface area (TPSA) is 62.3 Å². The molecule has 1 heterocycles. The Hall–Kier alpha value is -1.97. The number of carboxylic acids is 1. The van der Waals surface area contributed by atoms with Crippen molar-refractivity contribution in [3.63, 3.8) is 0 Å². The van der Waals surface area contributed by atoms with Crippen molar-refractivity contribution in [1.82, 2.24) is 4.98 Å². The van der Waals surface area contributed by atoms with Gasteiger partial charge in [0.25, 0.3) is 0 Å². The number of nitrogens with one attached hydrogen (secondary N) is 1. The second kappa shape index (κ2) is 3.80. The zero-order valence-electron chi connectivity index (χ0n) is 9.27. The lowest BCUT2D eigenvalue weighted by Gasteiger charge is -2.26. The largest absolute Gasteiger partial charge is 0.490 e. The molecule has 0 amide bonds. The van der Waals surface area contributed by atoms with E-state index in [1.165, 1.54) is 6.42 Å². The van der Waals surface area contributed by atoms with Crippen LogP contribution in [0.1, 0.15) is 29.8 Å². The average Bonchev–Trinajstić information content (AvgIpc) is 2.66. The Balaban J connectivity index is 1.91. The molecule has 1 aliphatic rings. The van der Waals surface area contributed by atoms with E-state index in [9.17, 15) is 4.79 Å². The summed E-state index contributed by atoms with van der Waals surface area (Å²) in [5.41, 5.74) is 1.01. The molecule has 0 atom stereocenters. The molecule has 2 aromatic rings. The quantitative estimate of drug-likeness (QED) is 0.853. The minimum atomic E-state index is -0.942. The molecule has 4 nitrogen and oxygen atoms in total. The van der Waals surface area contributed by atoms with Gasteiger partial charge in [0, 0.05) is 17.0 Å². The second-order valence-electron chi connectivity index (χ2n) is 4.41. The summed E-state index contributed by atoms with van der Waals surface area (Å²) in [4.78, 5) is 13.7. The number of hydrogen-bond donors (Lipinski definition) is 2. The first-order chi connectivity index (χ1) is 8.22. The van der Waals surface area contributed by atoms with Crippen LogP contribution in [0.3, 0.4) is 0 Å². The molecule has 0 bridgehead atoms. The predicted molar refractivity (Wildman–Crippen MR) is 63.5 cm³/mol. The Bertz CT molecular complexity index is 569. The van der Waals surface area contributed by atoms with E-state index in [4.69, 9.17) is 9.84 Å². The smallest absolute Gasteiger partial charge is 0.352 e. The van der Waals surface area contributed by atoms with Gasteiger partial charge in [-0.1, -0.05) is 0 Å². The van der Waals surface area contributed by atoms with Crippen molar-refractivity contribution in [2.45, 2.75) is 25.4 Å². The van der Waals surface area contributed by atoms with Crippen LogP contribution in [0.15, 0.2) is 24.3 Å². The lowest BCUT2D eigenvalue weighted by molar-refractivity contribution is 0.0691. The van der Waals surface area contributed by atoms with Crippen LogP contribution in [0.4, 0.5) is 0 Å². The van der Waals surface area contributed by atoms with Gasteiger partial charge in [0.2, 0.25) is 0 Å². The average molecular weight is 231 g/mol. The molecule has 17 heavy (non-hydrogen) atoms. The Morgan fingerprint density at radius 2 is 2.18 bits per heavy atom. The predicted octanol–water partition coefficient (Wildman–Crippen LogP) is 2.80. The molecule has 0 radical (unpaired) electrons. The molecule has 1 aromatic heterocycles. The van der Waals surface area contributed by atoms with Crippen LogP contribution in [0, 0.1) is 0 Å². The lowest BCUT2D eigenvalue weighted by Crippen LogP contribution is -2.24. The number of aromatic carboxylic acids is 1. The van der Waals surface area contributed by atoms with Gasteiger partial charge in [-0.05, 0) is 37.5 Å². The Morgan fingerprint density at radius 1 is 1.35 bits per heavy atom. The number of aromatic nitrogens is 1. The molecule has 4 heteroatoms. The summed E-state index contributed by atoms with van der Waals surface area (Å²) in [6.07, 6.45) is 3.80. The highest BCUT2D eigenvalue weighted by molar-refractivity contribution is 5.94. The van der Waals surface area contributed by atoms with Gasteiger partial charge >= 0.3 is 5.97 Å². The maximum Gasteiger partial charge on any atom is 0.352 e. The fourth-order valence-electron chi connectivity index (χ4n) is 1.98. The molecule has 0 spiro atoms. The second-order valence-corrected chi connectivity index (χ2v) is 4.41. The van der Waals surface area contributed by atoms with Crippen LogP contribution in [-0.4, -0.2) is 22.2 Å². The fraction of sp³-hybridized carbons (Fsp3) is 0.308. The lowest BCUT2D eigenvalue weighted by atomic mass is 9.96. The molecule has 3 rings (SSSR count). The normalized spacial score (nSPS) is 15.8. The maximum atomic E-state index is 10.8. The van der Waals surface area contributed by atoms with Crippen LogP contribution in [0.2, 0.25) is 0 Å². The summed E-state index contributed by atoms with van der Waals surface area (Å²) >= 11 is 0. The van der Waals surface area contributed by atoms with E-state index in [1.807, 2.05) is 18.2 Å². The van der Waals surface area contributed by atoms with Crippen molar-refractivity contribution in [2.24, 2.45) is 0 Å². The third kappa shape index (κ3) is 1.86. The molecular formula is C13H13NO3. The molecule has 0 saturated heterocycles. The van der Waals surface area contributed by atoms with Gasteiger partial charge in [-0.3, -0.25) is 0 Å².